The minimum Gasteiger partial charge on any atom is -0.497 e. The number of anilines is 1. The van der Waals surface area contributed by atoms with Crippen LogP contribution in [0.25, 0.3) is 11.4 Å². The maximum Gasteiger partial charge on any atom is 0.240 e. The molecule has 0 radical (unpaired) electrons. The topological polar surface area (TPSA) is 81.1 Å². The largest absolute Gasteiger partial charge is 0.497 e. The van der Waals surface area contributed by atoms with E-state index < -0.39 is 5.25 Å². The zero-order valence-corrected chi connectivity index (χ0v) is 20.0. The molecule has 0 saturated heterocycles. The van der Waals surface area contributed by atoms with Gasteiger partial charge < -0.3 is 15.5 Å². The number of methoxy groups -OCH3 is 1. The number of nitrogens with zero attached hydrogens (tertiary/aromatic N) is 3. The van der Waals surface area contributed by atoms with Crippen LogP contribution in [0.15, 0.2) is 78.0 Å². The van der Waals surface area contributed by atoms with Crippen molar-refractivity contribution in [3.63, 3.8) is 0 Å². The summed E-state index contributed by atoms with van der Waals surface area (Å²) < 4.78 is 7.20. The number of amides is 1. The monoisotopic (exact) mass is 471 g/mol. The van der Waals surface area contributed by atoms with Gasteiger partial charge in [-0.2, -0.15) is 0 Å². The van der Waals surface area contributed by atoms with Crippen LogP contribution < -0.4 is 15.5 Å². The molecule has 34 heavy (non-hydrogen) atoms. The van der Waals surface area contributed by atoms with Gasteiger partial charge in [-0.1, -0.05) is 72.4 Å². The Morgan fingerprint density at radius 3 is 2.35 bits per heavy atom. The molecule has 0 fully saturated rings. The molecule has 3 aromatic carbocycles. The number of thioether (sulfide) groups is 1. The number of carbonyl (C=O) groups is 1. The van der Waals surface area contributed by atoms with Crippen LogP contribution in [0.5, 0.6) is 5.75 Å². The normalized spacial score (nSPS) is 16.9. The first-order chi connectivity index (χ1) is 16.5. The van der Waals surface area contributed by atoms with Crippen molar-refractivity contribution < 1.29 is 9.53 Å². The third-order valence-electron chi connectivity index (χ3n) is 5.93. The molecule has 2 atom stereocenters. The zero-order chi connectivity index (χ0) is 23.7. The van der Waals surface area contributed by atoms with Gasteiger partial charge in [0, 0.05) is 11.3 Å². The molecule has 1 aliphatic heterocycles. The second kappa shape index (κ2) is 9.23. The summed E-state index contributed by atoms with van der Waals surface area (Å²) in [6.45, 7) is 4.00. The number of para-hydroxylation sites is 1. The molecule has 4 aromatic rings. The van der Waals surface area contributed by atoms with Crippen molar-refractivity contribution in [2.75, 3.05) is 17.9 Å². The van der Waals surface area contributed by atoms with Crippen LogP contribution in [0, 0.1) is 13.8 Å². The van der Waals surface area contributed by atoms with Gasteiger partial charge in [0.2, 0.25) is 11.1 Å². The molecule has 7 nitrogen and oxygen atoms in total. The second-order valence-corrected chi connectivity index (χ2v) is 9.29. The van der Waals surface area contributed by atoms with E-state index in [9.17, 15) is 4.79 Å². The number of hydrogen-bond acceptors (Lipinski definition) is 6. The number of fused-ring (bicyclic) bond motifs is 1. The van der Waals surface area contributed by atoms with Gasteiger partial charge >= 0.3 is 0 Å². The highest BCUT2D eigenvalue weighted by Gasteiger charge is 2.38. The van der Waals surface area contributed by atoms with Crippen LogP contribution in [0.2, 0.25) is 0 Å². The molecule has 172 valence electrons. The van der Waals surface area contributed by atoms with Crippen molar-refractivity contribution in [3.05, 3.63) is 89.5 Å². The van der Waals surface area contributed by atoms with E-state index in [1.165, 1.54) is 11.8 Å². The van der Waals surface area contributed by atoms with Crippen LogP contribution in [0.3, 0.4) is 0 Å². The van der Waals surface area contributed by atoms with E-state index in [4.69, 9.17) is 4.74 Å². The second-order valence-electron chi connectivity index (χ2n) is 8.18. The molecule has 8 heteroatoms. The van der Waals surface area contributed by atoms with Crippen LogP contribution in [0.1, 0.15) is 22.7 Å². The lowest BCUT2D eigenvalue weighted by atomic mass is 10.0. The van der Waals surface area contributed by atoms with Crippen molar-refractivity contribution in [2.24, 2.45) is 0 Å². The van der Waals surface area contributed by atoms with Crippen molar-refractivity contribution in [1.29, 1.82) is 0 Å². The Morgan fingerprint density at radius 2 is 1.68 bits per heavy atom. The average Bonchev–Trinajstić information content (AvgIpc) is 3.29. The summed E-state index contributed by atoms with van der Waals surface area (Å²) in [5.74, 6) is 1.38. The number of nitrogens with one attached hydrogen (secondary N) is 2. The molecule has 0 spiro atoms. The number of hydrogen-bond donors (Lipinski definition) is 2. The van der Waals surface area contributed by atoms with Crippen molar-refractivity contribution in [1.82, 2.24) is 14.9 Å². The van der Waals surface area contributed by atoms with Crippen LogP contribution in [-0.4, -0.2) is 33.1 Å². The van der Waals surface area contributed by atoms with Crippen molar-refractivity contribution in [3.8, 4) is 17.1 Å². The summed E-state index contributed by atoms with van der Waals surface area (Å²) in [4.78, 5) is 13.6. The predicted octanol–water partition coefficient (Wildman–Crippen LogP) is 4.97. The fourth-order valence-electron chi connectivity index (χ4n) is 4.10. The number of aryl methyl sites for hydroxylation is 2. The van der Waals surface area contributed by atoms with Gasteiger partial charge in [-0.25, -0.2) is 4.68 Å². The molecule has 0 aliphatic carbocycles. The number of benzene rings is 3. The SMILES string of the molecule is COc1ccc([C@@H]2Nn3c(nnc3-c3ccccc3)S[C@H]2C(=O)Nc2c(C)cccc2C)cc1. The minimum absolute atomic E-state index is 0.0915. The minimum atomic E-state index is -0.465. The Labute approximate surface area is 202 Å². The number of ether oxygens (including phenoxy) is 1. The first-order valence-corrected chi connectivity index (χ1v) is 11.9. The Kier molecular flexibility index (Phi) is 5.98. The molecule has 0 bridgehead atoms. The summed E-state index contributed by atoms with van der Waals surface area (Å²) in [5.41, 5.74) is 8.32. The summed E-state index contributed by atoms with van der Waals surface area (Å²) in [5, 5.41) is 12.1. The molecule has 2 heterocycles. The van der Waals surface area contributed by atoms with Crippen LogP contribution in [0.4, 0.5) is 5.69 Å². The highest BCUT2D eigenvalue weighted by atomic mass is 32.2. The number of aromatic nitrogens is 3. The van der Waals surface area contributed by atoms with Crippen molar-refractivity contribution in [2.45, 2.75) is 30.3 Å². The van der Waals surface area contributed by atoms with Gasteiger partial charge in [0.1, 0.15) is 11.0 Å². The predicted molar refractivity (Wildman–Crippen MR) is 135 cm³/mol. The fraction of sp³-hybridized carbons (Fsp3) is 0.192. The highest BCUT2D eigenvalue weighted by molar-refractivity contribution is 8.00. The number of rotatable bonds is 5. The standard InChI is InChI=1S/C26H25N5O2S/c1-16-8-7-9-17(2)21(16)27-25(32)23-22(18-12-14-20(33-3)15-13-18)30-31-24(28-29-26(31)34-23)19-10-5-4-6-11-19/h4-15,22-23,30H,1-3H3,(H,27,32)/t22-,23+/m0/s1. The van der Waals surface area contributed by atoms with Crippen molar-refractivity contribution >= 4 is 23.4 Å². The van der Waals surface area contributed by atoms with Crippen LogP contribution in [-0.2, 0) is 4.79 Å². The maximum atomic E-state index is 13.6. The zero-order valence-electron chi connectivity index (χ0n) is 19.1. The molecule has 1 aromatic heterocycles. The maximum absolute atomic E-state index is 13.6. The van der Waals surface area contributed by atoms with Gasteiger partial charge in [0.15, 0.2) is 5.82 Å². The molecule has 2 N–H and O–H groups in total. The molecule has 0 unspecified atom stereocenters. The third kappa shape index (κ3) is 4.12. The summed E-state index contributed by atoms with van der Waals surface area (Å²) >= 11 is 1.41. The van der Waals surface area contributed by atoms with E-state index in [-0.39, 0.29) is 11.9 Å². The Balaban J connectivity index is 1.53. The fourth-order valence-corrected chi connectivity index (χ4v) is 5.18. The molecular formula is C26H25N5O2S. The molecular weight excluding hydrogens is 446 g/mol. The Morgan fingerprint density at radius 1 is 0.971 bits per heavy atom. The van der Waals surface area contributed by atoms with Gasteiger partial charge in [0.25, 0.3) is 0 Å². The third-order valence-corrected chi connectivity index (χ3v) is 7.15. The van der Waals surface area contributed by atoms with E-state index in [0.29, 0.717) is 11.0 Å². The average molecular weight is 472 g/mol. The van der Waals surface area contributed by atoms with E-state index >= 15 is 0 Å². The summed E-state index contributed by atoms with van der Waals surface area (Å²) in [6, 6.07) is 23.3. The first kappa shape index (κ1) is 22.0. The lowest BCUT2D eigenvalue weighted by Crippen LogP contribution is -2.41. The molecule has 0 saturated carbocycles. The highest BCUT2D eigenvalue weighted by Crippen LogP contribution is 2.39. The summed E-state index contributed by atoms with van der Waals surface area (Å²) in [7, 11) is 1.64. The Hall–Kier alpha value is -3.78. The van der Waals surface area contributed by atoms with E-state index in [1.54, 1.807) is 7.11 Å². The lowest BCUT2D eigenvalue weighted by molar-refractivity contribution is -0.116. The van der Waals surface area contributed by atoms with Gasteiger partial charge in [-0.3, -0.25) is 4.79 Å². The van der Waals surface area contributed by atoms with E-state index in [1.807, 2.05) is 91.3 Å². The first-order valence-electron chi connectivity index (χ1n) is 11.0. The lowest BCUT2D eigenvalue weighted by Gasteiger charge is -2.33. The van der Waals surface area contributed by atoms with Gasteiger partial charge in [-0.15, -0.1) is 10.2 Å². The van der Waals surface area contributed by atoms with Gasteiger partial charge in [0.05, 0.1) is 13.2 Å². The smallest absolute Gasteiger partial charge is 0.240 e. The van der Waals surface area contributed by atoms with E-state index in [0.717, 1.165) is 33.7 Å². The summed E-state index contributed by atoms with van der Waals surface area (Å²) in [6.07, 6.45) is 0. The van der Waals surface area contributed by atoms with Gasteiger partial charge in [-0.05, 0) is 42.7 Å². The van der Waals surface area contributed by atoms with E-state index in [2.05, 4.69) is 20.9 Å². The number of carbonyl (C=O) groups excluding carboxylic acids is 1. The Bertz CT molecular complexity index is 1300. The quantitative estimate of drug-likeness (QED) is 0.428. The molecule has 1 amide bonds. The molecule has 1 aliphatic rings. The molecule has 5 rings (SSSR count). The van der Waals surface area contributed by atoms with Crippen LogP contribution >= 0.6 is 11.8 Å².